The molecule has 3 atom stereocenters. The molecule has 0 bridgehead atoms. The summed E-state index contributed by atoms with van der Waals surface area (Å²) in [7, 11) is 0. The van der Waals surface area contributed by atoms with Crippen molar-refractivity contribution in [2.45, 2.75) is 18.4 Å². The summed E-state index contributed by atoms with van der Waals surface area (Å²) in [5, 5.41) is 14.9. The maximum Gasteiger partial charge on any atom is 0.288 e. The van der Waals surface area contributed by atoms with Crippen molar-refractivity contribution in [1.82, 2.24) is 0 Å². The maximum absolute atomic E-state index is 11.2. The van der Waals surface area contributed by atoms with Crippen LogP contribution in [0.1, 0.15) is 29.5 Å². The van der Waals surface area contributed by atoms with Crippen molar-refractivity contribution in [3.05, 3.63) is 79.3 Å². The molecule has 1 heterocycles. The lowest BCUT2D eigenvalue weighted by Crippen LogP contribution is -2.29. The summed E-state index contributed by atoms with van der Waals surface area (Å²) >= 11 is 9.50. The Kier molecular flexibility index (Phi) is 3.85. The van der Waals surface area contributed by atoms with E-state index in [2.05, 4.69) is 45.5 Å². The van der Waals surface area contributed by atoms with Crippen molar-refractivity contribution in [2.24, 2.45) is 5.92 Å². The van der Waals surface area contributed by atoms with Gasteiger partial charge < -0.3 is 5.32 Å². The topological polar surface area (TPSA) is 55.2 Å². The number of nitrogens with zero attached hydrogens (tertiary/aromatic N) is 1. The number of nitro benzene ring substituents is 1. The number of nitro groups is 1. The molecular weight excluding hydrogens is 392 g/mol. The van der Waals surface area contributed by atoms with E-state index in [1.165, 1.54) is 5.56 Å². The lowest BCUT2D eigenvalue weighted by molar-refractivity contribution is -0.384. The minimum Gasteiger partial charge on any atom is -0.378 e. The van der Waals surface area contributed by atoms with Crippen molar-refractivity contribution in [3.63, 3.8) is 0 Å². The molecule has 24 heavy (non-hydrogen) atoms. The van der Waals surface area contributed by atoms with Crippen LogP contribution in [0.2, 0.25) is 5.02 Å². The molecule has 2 aromatic rings. The minimum absolute atomic E-state index is 0.0228. The average Bonchev–Trinajstić information content (AvgIpc) is 3.04. The van der Waals surface area contributed by atoms with Gasteiger partial charge in [-0.05, 0) is 47.7 Å². The number of nitrogens with one attached hydrogen (secondary N) is 1. The van der Waals surface area contributed by atoms with E-state index in [0.717, 1.165) is 22.1 Å². The van der Waals surface area contributed by atoms with E-state index in [1.54, 1.807) is 12.1 Å². The van der Waals surface area contributed by atoms with Crippen LogP contribution in [-0.4, -0.2) is 4.92 Å². The van der Waals surface area contributed by atoms with E-state index in [4.69, 9.17) is 11.6 Å². The van der Waals surface area contributed by atoms with Gasteiger partial charge in [0.05, 0.1) is 11.0 Å². The molecule has 122 valence electrons. The van der Waals surface area contributed by atoms with Gasteiger partial charge in [0.1, 0.15) is 5.02 Å². The monoisotopic (exact) mass is 404 g/mol. The molecule has 0 fully saturated rings. The summed E-state index contributed by atoms with van der Waals surface area (Å²) in [6.07, 6.45) is 5.39. The van der Waals surface area contributed by atoms with Gasteiger partial charge in [0.25, 0.3) is 5.69 Å². The zero-order valence-electron chi connectivity index (χ0n) is 12.6. The van der Waals surface area contributed by atoms with Crippen molar-refractivity contribution < 1.29 is 4.92 Å². The van der Waals surface area contributed by atoms with Crippen LogP contribution in [0, 0.1) is 16.0 Å². The fourth-order valence-electron chi connectivity index (χ4n) is 3.76. The van der Waals surface area contributed by atoms with Crippen LogP contribution in [0.3, 0.4) is 0 Å². The minimum atomic E-state index is -0.426. The predicted molar refractivity (Wildman–Crippen MR) is 98.6 cm³/mol. The van der Waals surface area contributed by atoms with E-state index < -0.39 is 4.92 Å². The summed E-state index contributed by atoms with van der Waals surface area (Å²) in [6.45, 7) is 0. The van der Waals surface area contributed by atoms with Gasteiger partial charge in [0.15, 0.2) is 0 Å². The first kappa shape index (κ1) is 15.7. The summed E-state index contributed by atoms with van der Waals surface area (Å²) in [4.78, 5) is 10.8. The van der Waals surface area contributed by atoms with E-state index in [0.29, 0.717) is 11.8 Å². The second kappa shape index (κ2) is 5.90. The molecular formula is C18H14BrClN2O2. The van der Waals surface area contributed by atoms with E-state index >= 15 is 0 Å². The first-order valence-corrected chi connectivity index (χ1v) is 8.88. The lowest BCUT2D eigenvalue weighted by atomic mass is 9.77. The summed E-state index contributed by atoms with van der Waals surface area (Å²) in [6, 6.07) is 11.3. The number of benzene rings is 2. The van der Waals surface area contributed by atoms with Crippen molar-refractivity contribution >= 4 is 38.9 Å². The Balaban J connectivity index is 1.79. The van der Waals surface area contributed by atoms with Gasteiger partial charge >= 0.3 is 0 Å². The van der Waals surface area contributed by atoms with Gasteiger partial charge in [-0.2, -0.15) is 0 Å². The van der Waals surface area contributed by atoms with Gasteiger partial charge in [0, 0.05) is 22.1 Å². The third kappa shape index (κ3) is 2.52. The molecule has 0 spiro atoms. The Hall–Kier alpha value is -1.85. The Morgan fingerprint density at radius 1 is 1.25 bits per heavy atom. The van der Waals surface area contributed by atoms with E-state index in [1.807, 2.05) is 12.1 Å². The van der Waals surface area contributed by atoms with Crippen molar-refractivity contribution in [3.8, 4) is 0 Å². The third-order valence-corrected chi connectivity index (χ3v) is 5.66. The smallest absolute Gasteiger partial charge is 0.288 e. The normalized spacial score (nSPS) is 24.2. The zero-order chi connectivity index (χ0) is 16.8. The molecule has 6 heteroatoms. The molecule has 4 rings (SSSR count). The van der Waals surface area contributed by atoms with E-state index in [9.17, 15) is 10.1 Å². The molecule has 2 aliphatic rings. The number of anilines is 1. The fraction of sp³-hybridized carbons (Fsp3) is 0.222. The molecule has 2 aromatic carbocycles. The van der Waals surface area contributed by atoms with Gasteiger partial charge in [0.2, 0.25) is 0 Å². The number of allylic oxidation sites excluding steroid dienone is 2. The van der Waals surface area contributed by atoms with Crippen LogP contribution >= 0.6 is 27.5 Å². The van der Waals surface area contributed by atoms with E-state index in [-0.39, 0.29) is 16.8 Å². The van der Waals surface area contributed by atoms with Gasteiger partial charge in [-0.1, -0.05) is 45.7 Å². The number of hydrogen-bond donors (Lipinski definition) is 1. The Bertz CT molecular complexity index is 868. The third-order valence-electron chi connectivity index (χ3n) is 4.85. The van der Waals surface area contributed by atoms with Crippen LogP contribution in [0.15, 0.2) is 53.0 Å². The molecule has 1 N–H and O–H groups in total. The highest BCUT2D eigenvalue weighted by atomic mass is 79.9. The maximum atomic E-state index is 11.2. The first-order chi connectivity index (χ1) is 11.5. The van der Waals surface area contributed by atoms with Gasteiger partial charge in [-0.15, -0.1) is 0 Å². The highest BCUT2D eigenvalue weighted by molar-refractivity contribution is 9.10. The number of fused-ring (bicyclic) bond motifs is 3. The Morgan fingerprint density at radius 3 is 2.88 bits per heavy atom. The molecule has 1 aliphatic carbocycles. The molecule has 0 aromatic heterocycles. The molecule has 1 aliphatic heterocycles. The molecule has 0 saturated heterocycles. The molecule has 0 amide bonds. The largest absolute Gasteiger partial charge is 0.378 e. The van der Waals surface area contributed by atoms with Crippen LogP contribution in [0.4, 0.5) is 11.4 Å². The SMILES string of the molecule is O=[N+]([O-])c1cc([C@@H]2Nc3ccc(Br)cc3[C@@H]3C=CC[C@@H]32)ccc1Cl. The molecule has 0 radical (unpaired) electrons. The summed E-state index contributed by atoms with van der Waals surface area (Å²) < 4.78 is 1.06. The highest BCUT2D eigenvalue weighted by Crippen LogP contribution is 2.50. The van der Waals surface area contributed by atoms with Crippen LogP contribution in [0.25, 0.3) is 0 Å². The predicted octanol–water partition coefficient (Wildman–Crippen LogP) is 5.84. The summed E-state index contributed by atoms with van der Waals surface area (Å²) in [5.41, 5.74) is 3.20. The lowest BCUT2D eigenvalue weighted by Gasteiger charge is -2.37. The molecule has 0 unspecified atom stereocenters. The average molecular weight is 406 g/mol. The Morgan fingerprint density at radius 2 is 2.08 bits per heavy atom. The Labute approximate surface area is 152 Å². The summed E-state index contributed by atoms with van der Waals surface area (Å²) in [5.74, 6) is 0.658. The van der Waals surface area contributed by atoms with Crippen LogP contribution in [-0.2, 0) is 0 Å². The second-order valence-electron chi connectivity index (χ2n) is 6.18. The van der Waals surface area contributed by atoms with Gasteiger partial charge in [-0.25, -0.2) is 0 Å². The standard InChI is InChI=1S/C18H14BrClN2O2/c19-11-5-7-16-14(9-11)12-2-1-3-13(12)18(21-16)10-4-6-15(20)17(8-10)22(23)24/h1-2,4-9,12-13,18,21H,3H2/t12-,13+,18+/m1/s1. The number of hydrogen-bond acceptors (Lipinski definition) is 3. The fourth-order valence-corrected chi connectivity index (χ4v) is 4.32. The van der Waals surface area contributed by atoms with Crippen LogP contribution < -0.4 is 5.32 Å². The molecule has 0 saturated carbocycles. The van der Waals surface area contributed by atoms with Crippen LogP contribution in [0.5, 0.6) is 0 Å². The quantitative estimate of drug-likeness (QED) is 0.388. The van der Waals surface area contributed by atoms with Crippen molar-refractivity contribution in [1.29, 1.82) is 0 Å². The second-order valence-corrected chi connectivity index (χ2v) is 7.50. The first-order valence-electron chi connectivity index (χ1n) is 7.71. The molecule has 4 nitrogen and oxygen atoms in total. The highest BCUT2D eigenvalue weighted by Gasteiger charge is 2.38. The van der Waals surface area contributed by atoms with Crippen molar-refractivity contribution in [2.75, 3.05) is 5.32 Å². The number of halogens is 2. The number of rotatable bonds is 2. The van der Waals surface area contributed by atoms with Gasteiger partial charge in [-0.3, -0.25) is 10.1 Å². The zero-order valence-corrected chi connectivity index (χ0v) is 14.9.